The van der Waals surface area contributed by atoms with Crippen LogP contribution in [0.15, 0.2) is 23.4 Å². The molecule has 0 aromatic carbocycles. The van der Waals surface area contributed by atoms with Gasteiger partial charge < -0.3 is 10.3 Å². The van der Waals surface area contributed by atoms with Crippen molar-refractivity contribution in [1.29, 1.82) is 5.41 Å². The summed E-state index contributed by atoms with van der Waals surface area (Å²) in [6.45, 7) is 2.99. The Hall–Kier alpha value is -1.05. The molecule has 0 bridgehead atoms. The van der Waals surface area contributed by atoms with Crippen LogP contribution in [0.25, 0.3) is 0 Å². The molecular formula is C8H12N2. The van der Waals surface area contributed by atoms with Crippen LogP contribution in [-0.2, 0) is 0 Å². The highest BCUT2D eigenvalue weighted by atomic mass is 15.1. The Labute approximate surface area is 61.4 Å². The zero-order chi connectivity index (χ0) is 7.56. The van der Waals surface area contributed by atoms with Gasteiger partial charge in [-0.2, -0.15) is 0 Å². The maximum atomic E-state index is 7.06. The molecule has 0 saturated carbocycles. The zero-order valence-electron chi connectivity index (χ0n) is 6.39. The molecule has 0 aromatic heterocycles. The largest absolute Gasteiger partial charge is 0.376 e. The normalized spacial score (nSPS) is 18.0. The molecule has 0 atom stereocenters. The minimum atomic E-state index is 0.961. The van der Waals surface area contributed by atoms with E-state index < -0.39 is 0 Å². The average molecular weight is 136 g/mol. The standard InChI is InChI=1S/C8H12N2/c1-7-3-4-10(2)6-8(7)5-9/h3,5-6,9H,4H2,1-2H3. The number of hydrogen-bond acceptors (Lipinski definition) is 2. The third kappa shape index (κ3) is 1.26. The average Bonchev–Trinajstić information content (AvgIpc) is 1.94. The molecule has 1 rings (SSSR count). The van der Waals surface area contributed by atoms with Crippen molar-refractivity contribution >= 4 is 6.21 Å². The first-order valence-corrected chi connectivity index (χ1v) is 3.33. The smallest absolute Gasteiger partial charge is 0.0356 e. The maximum absolute atomic E-state index is 7.06. The van der Waals surface area contributed by atoms with Gasteiger partial charge >= 0.3 is 0 Å². The molecule has 1 aliphatic rings. The van der Waals surface area contributed by atoms with Crippen LogP contribution in [0.5, 0.6) is 0 Å². The lowest BCUT2D eigenvalue weighted by Crippen LogP contribution is -2.16. The number of likely N-dealkylation sites (N-methyl/N-ethyl adjacent to an activating group) is 1. The van der Waals surface area contributed by atoms with Crippen LogP contribution in [0.2, 0.25) is 0 Å². The highest BCUT2D eigenvalue weighted by Gasteiger charge is 2.03. The van der Waals surface area contributed by atoms with Gasteiger partial charge in [-0.15, -0.1) is 0 Å². The molecule has 54 valence electrons. The molecule has 10 heavy (non-hydrogen) atoms. The molecule has 0 aromatic rings. The number of rotatable bonds is 1. The quantitative estimate of drug-likeness (QED) is 0.542. The Balaban J connectivity index is 2.83. The molecule has 2 nitrogen and oxygen atoms in total. The summed E-state index contributed by atoms with van der Waals surface area (Å²) in [6.07, 6.45) is 5.50. The van der Waals surface area contributed by atoms with Crippen molar-refractivity contribution in [3.63, 3.8) is 0 Å². The van der Waals surface area contributed by atoms with Gasteiger partial charge in [-0.05, 0) is 12.5 Å². The van der Waals surface area contributed by atoms with E-state index in [1.54, 1.807) is 0 Å². The van der Waals surface area contributed by atoms with E-state index in [4.69, 9.17) is 5.41 Å². The van der Waals surface area contributed by atoms with Crippen molar-refractivity contribution in [2.45, 2.75) is 6.92 Å². The second-order valence-corrected chi connectivity index (χ2v) is 2.56. The summed E-state index contributed by atoms with van der Waals surface area (Å²) in [5.74, 6) is 0. The van der Waals surface area contributed by atoms with Gasteiger partial charge in [-0.1, -0.05) is 6.08 Å². The predicted octanol–water partition coefficient (Wildman–Crippen LogP) is 1.41. The Morgan fingerprint density at radius 3 is 2.90 bits per heavy atom. The van der Waals surface area contributed by atoms with E-state index in [0.717, 1.165) is 12.1 Å². The highest BCUT2D eigenvalue weighted by Crippen LogP contribution is 2.11. The maximum Gasteiger partial charge on any atom is 0.0356 e. The molecule has 0 fully saturated rings. The van der Waals surface area contributed by atoms with Gasteiger partial charge in [-0.25, -0.2) is 0 Å². The minimum Gasteiger partial charge on any atom is -0.376 e. The van der Waals surface area contributed by atoms with Gasteiger partial charge in [0.2, 0.25) is 0 Å². The van der Waals surface area contributed by atoms with Crippen LogP contribution >= 0.6 is 0 Å². The van der Waals surface area contributed by atoms with Gasteiger partial charge in [0, 0.05) is 31.6 Å². The Morgan fingerprint density at radius 2 is 2.40 bits per heavy atom. The first-order valence-electron chi connectivity index (χ1n) is 3.33. The summed E-state index contributed by atoms with van der Waals surface area (Å²) in [4.78, 5) is 2.06. The van der Waals surface area contributed by atoms with E-state index in [2.05, 4.69) is 11.0 Å². The van der Waals surface area contributed by atoms with Crippen LogP contribution < -0.4 is 0 Å². The molecule has 1 N–H and O–H groups in total. The lowest BCUT2D eigenvalue weighted by molar-refractivity contribution is 0.500. The molecule has 0 amide bonds. The fraction of sp³-hybridized carbons (Fsp3) is 0.375. The minimum absolute atomic E-state index is 0.961. The van der Waals surface area contributed by atoms with Crippen LogP contribution in [0.4, 0.5) is 0 Å². The van der Waals surface area contributed by atoms with E-state index in [1.807, 2.05) is 20.2 Å². The second-order valence-electron chi connectivity index (χ2n) is 2.56. The molecule has 2 heteroatoms. The fourth-order valence-electron chi connectivity index (χ4n) is 0.942. The summed E-state index contributed by atoms with van der Waals surface area (Å²) in [7, 11) is 2.01. The van der Waals surface area contributed by atoms with Gasteiger partial charge in [0.25, 0.3) is 0 Å². The third-order valence-electron chi connectivity index (χ3n) is 1.66. The molecule has 0 saturated heterocycles. The Morgan fingerprint density at radius 1 is 1.70 bits per heavy atom. The predicted molar refractivity (Wildman–Crippen MR) is 43.3 cm³/mol. The van der Waals surface area contributed by atoms with E-state index >= 15 is 0 Å². The fourth-order valence-corrected chi connectivity index (χ4v) is 0.942. The topological polar surface area (TPSA) is 27.1 Å². The summed E-state index contributed by atoms with van der Waals surface area (Å²) >= 11 is 0. The number of nitrogens with one attached hydrogen (secondary N) is 1. The SMILES string of the molecule is CC1=CCN(C)C=C1C=N. The number of allylic oxidation sites excluding steroid dienone is 2. The number of hydrogen-bond donors (Lipinski definition) is 1. The number of nitrogens with zero attached hydrogens (tertiary/aromatic N) is 1. The monoisotopic (exact) mass is 136 g/mol. The molecule has 0 spiro atoms. The lowest BCUT2D eigenvalue weighted by Gasteiger charge is -2.18. The van der Waals surface area contributed by atoms with Crippen molar-refractivity contribution in [1.82, 2.24) is 4.90 Å². The van der Waals surface area contributed by atoms with Crippen molar-refractivity contribution in [3.8, 4) is 0 Å². The zero-order valence-corrected chi connectivity index (χ0v) is 6.39. The van der Waals surface area contributed by atoms with E-state index in [0.29, 0.717) is 0 Å². The molecule has 1 aliphatic heterocycles. The van der Waals surface area contributed by atoms with Gasteiger partial charge in [-0.3, -0.25) is 0 Å². The summed E-state index contributed by atoms with van der Waals surface area (Å²) in [5.41, 5.74) is 2.21. The Kier molecular flexibility index (Phi) is 1.90. The first-order chi connectivity index (χ1) is 4.74. The van der Waals surface area contributed by atoms with Crippen LogP contribution in [0.3, 0.4) is 0 Å². The van der Waals surface area contributed by atoms with E-state index in [-0.39, 0.29) is 0 Å². The van der Waals surface area contributed by atoms with Crippen molar-refractivity contribution in [3.05, 3.63) is 23.4 Å². The van der Waals surface area contributed by atoms with E-state index in [9.17, 15) is 0 Å². The molecule has 0 radical (unpaired) electrons. The van der Waals surface area contributed by atoms with Gasteiger partial charge in [0.1, 0.15) is 0 Å². The Bertz CT molecular complexity index is 201. The van der Waals surface area contributed by atoms with Gasteiger partial charge in [0.05, 0.1) is 0 Å². The molecule has 1 heterocycles. The lowest BCUT2D eigenvalue weighted by atomic mass is 10.1. The van der Waals surface area contributed by atoms with Gasteiger partial charge in [0.15, 0.2) is 0 Å². The van der Waals surface area contributed by atoms with Crippen molar-refractivity contribution < 1.29 is 0 Å². The van der Waals surface area contributed by atoms with Crippen LogP contribution in [-0.4, -0.2) is 24.7 Å². The molecular weight excluding hydrogens is 124 g/mol. The first kappa shape index (κ1) is 7.06. The third-order valence-corrected chi connectivity index (χ3v) is 1.66. The van der Waals surface area contributed by atoms with Crippen LogP contribution in [0.1, 0.15) is 6.92 Å². The second kappa shape index (κ2) is 2.69. The van der Waals surface area contributed by atoms with Crippen molar-refractivity contribution in [2.24, 2.45) is 0 Å². The van der Waals surface area contributed by atoms with Crippen molar-refractivity contribution in [2.75, 3.05) is 13.6 Å². The summed E-state index contributed by atoms with van der Waals surface area (Å²) in [6, 6.07) is 0. The highest BCUT2D eigenvalue weighted by molar-refractivity contribution is 5.82. The van der Waals surface area contributed by atoms with E-state index in [1.165, 1.54) is 11.8 Å². The summed E-state index contributed by atoms with van der Waals surface area (Å²) < 4.78 is 0. The molecule has 0 aliphatic carbocycles. The summed E-state index contributed by atoms with van der Waals surface area (Å²) in [5, 5.41) is 7.06. The molecule has 0 unspecified atom stereocenters. The van der Waals surface area contributed by atoms with Crippen LogP contribution in [0, 0.1) is 5.41 Å².